The topological polar surface area (TPSA) is 32.6 Å². The van der Waals surface area contributed by atoms with Crippen LogP contribution in [-0.4, -0.2) is 41.2 Å². The quantitative estimate of drug-likeness (QED) is 0.782. The Morgan fingerprint density at radius 2 is 2.12 bits per heavy atom. The SMILES string of the molecule is S=C(Nc1cccnc1)N1CCC[NH+](Cc2ccc(Cl)cc2Cl)CC1. The van der Waals surface area contributed by atoms with Gasteiger partial charge in [0.15, 0.2) is 5.11 Å². The van der Waals surface area contributed by atoms with Crippen molar-refractivity contribution in [3.05, 3.63) is 58.3 Å². The molecule has 1 atom stereocenters. The molecular formula is C18H21Cl2N4S+. The van der Waals surface area contributed by atoms with Gasteiger partial charge in [-0.2, -0.15) is 0 Å². The molecule has 7 heteroatoms. The monoisotopic (exact) mass is 395 g/mol. The maximum absolute atomic E-state index is 6.31. The van der Waals surface area contributed by atoms with Gasteiger partial charge in [-0.05, 0) is 36.5 Å². The van der Waals surface area contributed by atoms with Crippen LogP contribution in [-0.2, 0) is 6.54 Å². The van der Waals surface area contributed by atoms with E-state index in [0.717, 1.165) is 60.5 Å². The lowest BCUT2D eigenvalue weighted by Gasteiger charge is -2.23. The summed E-state index contributed by atoms with van der Waals surface area (Å²) in [5.74, 6) is 0. The summed E-state index contributed by atoms with van der Waals surface area (Å²) < 4.78 is 0. The van der Waals surface area contributed by atoms with Gasteiger partial charge in [0.2, 0.25) is 0 Å². The predicted molar refractivity (Wildman–Crippen MR) is 108 cm³/mol. The van der Waals surface area contributed by atoms with Crippen molar-refractivity contribution in [3.63, 3.8) is 0 Å². The predicted octanol–water partition coefficient (Wildman–Crippen LogP) is 2.88. The number of pyridine rings is 1. The summed E-state index contributed by atoms with van der Waals surface area (Å²) in [6.07, 6.45) is 4.63. The van der Waals surface area contributed by atoms with Gasteiger partial charge >= 0.3 is 0 Å². The van der Waals surface area contributed by atoms with E-state index in [1.807, 2.05) is 30.3 Å². The van der Waals surface area contributed by atoms with Crippen molar-refractivity contribution < 1.29 is 4.90 Å². The van der Waals surface area contributed by atoms with Crippen molar-refractivity contribution in [1.29, 1.82) is 0 Å². The van der Waals surface area contributed by atoms with E-state index >= 15 is 0 Å². The second kappa shape index (κ2) is 8.81. The average molecular weight is 396 g/mol. The maximum atomic E-state index is 6.31. The van der Waals surface area contributed by atoms with Crippen LogP contribution in [0.25, 0.3) is 0 Å². The highest BCUT2D eigenvalue weighted by Crippen LogP contribution is 2.20. The molecule has 1 saturated heterocycles. The van der Waals surface area contributed by atoms with E-state index in [1.54, 1.807) is 12.4 Å². The van der Waals surface area contributed by atoms with Crippen molar-refractivity contribution in [2.75, 3.05) is 31.5 Å². The fourth-order valence-corrected chi connectivity index (χ4v) is 3.78. The Bertz CT molecular complexity index is 726. The molecule has 0 amide bonds. The number of thiocarbonyl (C=S) groups is 1. The van der Waals surface area contributed by atoms with Crippen LogP contribution >= 0.6 is 35.4 Å². The van der Waals surface area contributed by atoms with E-state index in [1.165, 1.54) is 4.90 Å². The first-order valence-electron chi connectivity index (χ1n) is 8.35. The van der Waals surface area contributed by atoms with E-state index in [2.05, 4.69) is 15.2 Å². The molecule has 25 heavy (non-hydrogen) atoms. The van der Waals surface area contributed by atoms with Crippen LogP contribution < -0.4 is 10.2 Å². The van der Waals surface area contributed by atoms with Crippen LogP contribution in [0.3, 0.4) is 0 Å². The highest BCUT2D eigenvalue weighted by Gasteiger charge is 2.20. The minimum Gasteiger partial charge on any atom is -0.343 e. The second-order valence-corrected chi connectivity index (χ2v) is 7.41. The fraction of sp³-hybridized carbons (Fsp3) is 0.333. The zero-order valence-electron chi connectivity index (χ0n) is 13.8. The summed E-state index contributed by atoms with van der Waals surface area (Å²) in [5, 5.41) is 5.46. The summed E-state index contributed by atoms with van der Waals surface area (Å²) in [7, 11) is 0. The Morgan fingerprint density at radius 1 is 1.24 bits per heavy atom. The number of rotatable bonds is 3. The van der Waals surface area contributed by atoms with E-state index < -0.39 is 0 Å². The molecule has 1 unspecified atom stereocenters. The van der Waals surface area contributed by atoms with Crippen LogP contribution in [0.5, 0.6) is 0 Å². The number of benzene rings is 1. The average Bonchev–Trinajstić information content (AvgIpc) is 2.84. The van der Waals surface area contributed by atoms with Crippen LogP contribution in [0.1, 0.15) is 12.0 Å². The summed E-state index contributed by atoms with van der Waals surface area (Å²) in [6.45, 7) is 4.92. The number of anilines is 1. The Kier molecular flexibility index (Phi) is 6.48. The number of quaternary nitrogens is 1. The first-order valence-corrected chi connectivity index (χ1v) is 9.51. The summed E-state index contributed by atoms with van der Waals surface area (Å²) in [6, 6.07) is 9.61. The van der Waals surface area contributed by atoms with Crippen molar-refractivity contribution in [1.82, 2.24) is 9.88 Å². The van der Waals surface area contributed by atoms with Crippen LogP contribution in [0.15, 0.2) is 42.7 Å². The number of halogens is 2. The molecule has 1 aliphatic heterocycles. The Hall–Kier alpha value is -1.40. The summed E-state index contributed by atoms with van der Waals surface area (Å²) >= 11 is 17.9. The van der Waals surface area contributed by atoms with Crippen molar-refractivity contribution in [3.8, 4) is 0 Å². The largest absolute Gasteiger partial charge is 0.343 e. The molecule has 3 rings (SSSR count). The highest BCUT2D eigenvalue weighted by molar-refractivity contribution is 7.80. The lowest BCUT2D eigenvalue weighted by atomic mass is 10.2. The van der Waals surface area contributed by atoms with Crippen molar-refractivity contribution in [2.24, 2.45) is 0 Å². The molecule has 2 aromatic rings. The molecule has 0 bridgehead atoms. The normalized spacial score (nSPS) is 17.8. The molecule has 0 spiro atoms. The number of hydrogen-bond acceptors (Lipinski definition) is 2. The van der Waals surface area contributed by atoms with Gasteiger partial charge in [-0.15, -0.1) is 0 Å². The third-order valence-electron chi connectivity index (χ3n) is 4.35. The Labute approximate surface area is 163 Å². The van der Waals surface area contributed by atoms with Crippen LogP contribution in [0.2, 0.25) is 10.0 Å². The molecule has 4 nitrogen and oxygen atoms in total. The van der Waals surface area contributed by atoms with E-state index in [0.29, 0.717) is 5.02 Å². The van der Waals surface area contributed by atoms with Gasteiger partial charge < -0.3 is 15.1 Å². The molecule has 0 aliphatic carbocycles. The van der Waals surface area contributed by atoms with E-state index in [-0.39, 0.29) is 0 Å². The number of hydrogen-bond donors (Lipinski definition) is 2. The van der Waals surface area contributed by atoms with E-state index in [9.17, 15) is 0 Å². The third-order valence-corrected chi connectivity index (χ3v) is 5.30. The fourth-order valence-electron chi connectivity index (χ4n) is 3.00. The standard InChI is InChI=1S/C18H20Cl2N4S/c19-15-5-4-14(17(20)11-15)13-23-7-2-8-24(10-9-23)18(25)22-16-3-1-6-21-12-16/h1,3-6,11-12H,2,7-10,13H2,(H,22,25)/p+1. The van der Waals surface area contributed by atoms with Crippen LogP contribution in [0.4, 0.5) is 5.69 Å². The van der Waals surface area contributed by atoms with Gasteiger partial charge in [0.25, 0.3) is 0 Å². The first-order chi connectivity index (χ1) is 12.1. The molecule has 1 fully saturated rings. The summed E-state index contributed by atoms with van der Waals surface area (Å²) in [4.78, 5) is 7.85. The molecule has 1 aromatic carbocycles. The lowest BCUT2D eigenvalue weighted by Crippen LogP contribution is -3.11. The maximum Gasteiger partial charge on any atom is 0.173 e. The van der Waals surface area contributed by atoms with Gasteiger partial charge in [-0.3, -0.25) is 4.98 Å². The van der Waals surface area contributed by atoms with Gasteiger partial charge in [0, 0.05) is 29.7 Å². The van der Waals surface area contributed by atoms with Crippen molar-refractivity contribution >= 4 is 46.2 Å². The van der Waals surface area contributed by atoms with Crippen molar-refractivity contribution in [2.45, 2.75) is 13.0 Å². The minimum absolute atomic E-state index is 0.678. The molecule has 2 heterocycles. The third kappa shape index (κ3) is 5.28. The molecular weight excluding hydrogens is 375 g/mol. The number of aromatic nitrogens is 1. The molecule has 132 valence electrons. The number of nitrogens with one attached hydrogen (secondary N) is 2. The van der Waals surface area contributed by atoms with Gasteiger partial charge in [-0.1, -0.05) is 29.3 Å². The molecule has 0 radical (unpaired) electrons. The molecule has 1 aromatic heterocycles. The Morgan fingerprint density at radius 3 is 2.88 bits per heavy atom. The molecule has 1 aliphatic rings. The second-order valence-electron chi connectivity index (χ2n) is 6.17. The molecule has 2 N–H and O–H groups in total. The lowest BCUT2D eigenvalue weighted by molar-refractivity contribution is -0.911. The number of nitrogens with zero attached hydrogens (tertiary/aromatic N) is 2. The smallest absolute Gasteiger partial charge is 0.173 e. The summed E-state index contributed by atoms with van der Waals surface area (Å²) in [5.41, 5.74) is 2.07. The highest BCUT2D eigenvalue weighted by atomic mass is 35.5. The minimum atomic E-state index is 0.678. The van der Waals surface area contributed by atoms with Crippen LogP contribution in [0, 0.1) is 0 Å². The Balaban J connectivity index is 1.56. The first kappa shape index (κ1) is 18.4. The van der Waals surface area contributed by atoms with Gasteiger partial charge in [0.1, 0.15) is 6.54 Å². The zero-order valence-corrected chi connectivity index (χ0v) is 16.2. The van der Waals surface area contributed by atoms with Gasteiger partial charge in [0.05, 0.1) is 36.5 Å². The molecule has 0 saturated carbocycles. The van der Waals surface area contributed by atoms with E-state index in [4.69, 9.17) is 35.4 Å². The zero-order chi connectivity index (χ0) is 17.6. The van der Waals surface area contributed by atoms with Gasteiger partial charge in [-0.25, -0.2) is 0 Å².